The summed E-state index contributed by atoms with van der Waals surface area (Å²) in [5, 5.41) is 10.5. The van der Waals surface area contributed by atoms with Crippen LogP contribution in [0.2, 0.25) is 0 Å². The lowest BCUT2D eigenvalue weighted by Crippen LogP contribution is -2.15. The molecule has 1 N–H and O–H groups in total. The summed E-state index contributed by atoms with van der Waals surface area (Å²) >= 11 is 0. The molecule has 0 saturated heterocycles. The second-order valence-electron chi connectivity index (χ2n) is 5.95. The van der Waals surface area contributed by atoms with Gasteiger partial charge in [-0.05, 0) is 36.8 Å². The Morgan fingerprint density at radius 2 is 2.00 bits per heavy atom. The van der Waals surface area contributed by atoms with Crippen molar-refractivity contribution in [1.82, 2.24) is 19.6 Å². The summed E-state index contributed by atoms with van der Waals surface area (Å²) in [5.41, 5.74) is 2.75. The summed E-state index contributed by atoms with van der Waals surface area (Å²) in [6, 6.07) is 13.2. The number of carbonyl (C=O) groups excluding carboxylic acids is 1. The van der Waals surface area contributed by atoms with Crippen LogP contribution < -0.4 is 10.1 Å². The van der Waals surface area contributed by atoms with Crippen molar-refractivity contribution in [2.75, 3.05) is 12.4 Å². The van der Waals surface area contributed by atoms with Crippen LogP contribution in [-0.2, 0) is 6.42 Å². The molecule has 0 aliphatic heterocycles. The molecule has 4 rings (SSSR count). The van der Waals surface area contributed by atoms with Gasteiger partial charge in [-0.3, -0.25) is 14.5 Å². The number of methoxy groups -OCH3 is 1. The first kappa shape index (κ1) is 16.8. The highest BCUT2D eigenvalue weighted by molar-refractivity contribution is 6.03. The van der Waals surface area contributed by atoms with E-state index in [1.54, 1.807) is 24.6 Å². The van der Waals surface area contributed by atoms with Crippen molar-refractivity contribution in [2.45, 2.75) is 13.3 Å². The number of anilines is 1. The van der Waals surface area contributed by atoms with E-state index >= 15 is 0 Å². The largest absolute Gasteiger partial charge is 0.497 e. The van der Waals surface area contributed by atoms with E-state index < -0.39 is 0 Å². The van der Waals surface area contributed by atoms with E-state index in [2.05, 4.69) is 20.5 Å². The Bertz CT molecular complexity index is 1100. The van der Waals surface area contributed by atoms with E-state index in [1.165, 1.54) is 0 Å². The fraction of sp³-hybridized carbons (Fsp3) is 0.158. The number of fused-ring (bicyclic) bond motifs is 1. The smallest absolute Gasteiger partial charge is 0.322 e. The maximum absolute atomic E-state index is 12.6. The Kier molecular flexibility index (Phi) is 4.29. The number of amides is 1. The monoisotopic (exact) mass is 363 g/mol. The van der Waals surface area contributed by atoms with Gasteiger partial charge in [-0.1, -0.05) is 23.3 Å². The lowest BCUT2D eigenvalue weighted by Gasteiger charge is -2.02. The number of aromatic nitrogens is 4. The zero-order valence-corrected chi connectivity index (χ0v) is 14.8. The zero-order valence-electron chi connectivity index (χ0n) is 14.8. The fourth-order valence-corrected chi connectivity index (χ4v) is 2.84. The molecule has 0 fully saturated rings. The van der Waals surface area contributed by atoms with E-state index in [1.807, 2.05) is 42.5 Å². The number of benzene rings is 1. The quantitative estimate of drug-likeness (QED) is 0.586. The van der Waals surface area contributed by atoms with Gasteiger partial charge in [0.25, 0.3) is 5.91 Å². The molecule has 136 valence electrons. The zero-order chi connectivity index (χ0) is 18.8. The average molecular weight is 363 g/mol. The SMILES string of the molecule is COc1ccc(Cc2nnc(NC(=O)c3c(C)nc4ccccn34)o2)cc1. The van der Waals surface area contributed by atoms with Gasteiger partial charge in [0.1, 0.15) is 17.1 Å². The van der Waals surface area contributed by atoms with Crippen LogP contribution in [0.4, 0.5) is 6.01 Å². The van der Waals surface area contributed by atoms with Gasteiger partial charge >= 0.3 is 6.01 Å². The summed E-state index contributed by atoms with van der Waals surface area (Å²) in [6.45, 7) is 1.78. The summed E-state index contributed by atoms with van der Waals surface area (Å²) in [6.07, 6.45) is 2.24. The van der Waals surface area contributed by atoms with Crippen molar-refractivity contribution >= 4 is 17.6 Å². The van der Waals surface area contributed by atoms with E-state index in [4.69, 9.17) is 9.15 Å². The number of ether oxygens (including phenoxy) is 1. The lowest BCUT2D eigenvalue weighted by molar-refractivity contribution is 0.101. The molecule has 0 spiro atoms. The summed E-state index contributed by atoms with van der Waals surface area (Å²) in [5.74, 6) is 0.830. The number of rotatable bonds is 5. The maximum Gasteiger partial charge on any atom is 0.322 e. The van der Waals surface area contributed by atoms with E-state index in [-0.39, 0.29) is 11.9 Å². The number of hydrogen-bond donors (Lipinski definition) is 1. The minimum atomic E-state index is -0.356. The van der Waals surface area contributed by atoms with Gasteiger partial charge in [0, 0.05) is 6.20 Å². The Balaban J connectivity index is 1.50. The number of aryl methyl sites for hydroxylation is 1. The molecule has 8 heteroatoms. The Hall–Kier alpha value is -3.68. The molecule has 0 radical (unpaired) electrons. The minimum absolute atomic E-state index is 0.0498. The van der Waals surface area contributed by atoms with Crippen LogP contribution >= 0.6 is 0 Å². The molecule has 1 amide bonds. The molecule has 0 unspecified atom stereocenters. The standard InChI is InChI=1S/C19H17N5O3/c1-12-17(24-10-4-3-5-15(24)20-12)18(25)21-19-23-22-16(27-19)11-13-6-8-14(26-2)9-7-13/h3-10H,11H2,1-2H3,(H,21,23,25). The molecule has 0 aliphatic rings. The first-order valence-electron chi connectivity index (χ1n) is 8.34. The molecule has 0 bridgehead atoms. The molecule has 0 atom stereocenters. The molecule has 4 aromatic rings. The van der Waals surface area contributed by atoms with Crippen molar-refractivity contribution in [1.29, 1.82) is 0 Å². The van der Waals surface area contributed by atoms with Crippen LogP contribution in [-0.4, -0.2) is 32.6 Å². The minimum Gasteiger partial charge on any atom is -0.497 e. The first-order valence-corrected chi connectivity index (χ1v) is 8.34. The van der Waals surface area contributed by atoms with Crippen LogP contribution in [0.5, 0.6) is 5.75 Å². The van der Waals surface area contributed by atoms with E-state index in [9.17, 15) is 4.79 Å². The van der Waals surface area contributed by atoms with Gasteiger partial charge in [-0.2, -0.15) is 0 Å². The Morgan fingerprint density at radius 1 is 1.19 bits per heavy atom. The van der Waals surface area contributed by atoms with Crippen molar-refractivity contribution < 1.29 is 13.9 Å². The number of imidazole rings is 1. The molecule has 3 aromatic heterocycles. The molecule has 27 heavy (non-hydrogen) atoms. The van der Waals surface area contributed by atoms with Gasteiger partial charge in [-0.25, -0.2) is 4.98 Å². The predicted octanol–water partition coefficient (Wildman–Crippen LogP) is 2.88. The predicted molar refractivity (Wildman–Crippen MR) is 98.0 cm³/mol. The van der Waals surface area contributed by atoms with Crippen molar-refractivity contribution in [3.05, 3.63) is 71.5 Å². The van der Waals surface area contributed by atoms with Crippen LogP contribution in [0.1, 0.15) is 27.6 Å². The fourth-order valence-electron chi connectivity index (χ4n) is 2.84. The molecule has 0 aliphatic carbocycles. The van der Waals surface area contributed by atoms with E-state index in [0.29, 0.717) is 29.3 Å². The Morgan fingerprint density at radius 3 is 2.78 bits per heavy atom. The second-order valence-corrected chi connectivity index (χ2v) is 5.95. The van der Waals surface area contributed by atoms with Crippen LogP contribution in [0.15, 0.2) is 53.1 Å². The molecular formula is C19H17N5O3. The van der Waals surface area contributed by atoms with E-state index in [0.717, 1.165) is 11.3 Å². The third-order valence-corrected chi connectivity index (χ3v) is 4.12. The maximum atomic E-state index is 12.6. The van der Waals surface area contributed by atoms with Crippen LogP contribution in [0.25, 0.3) is 5.65 Å². The summed E-state index contributed by atoms with van der Waals surface area (Å²) < 4.78 is 12.4. The molecule has 8 nitrogen and oxygen atoms in total. The number of nitrogens with one attached hydrogen (secondary N) is 1. The summed E-state index contributed by atoms with van der Waals surface area (Å²) in [4.78, 5) is 17.0. The van der Waals surface area contributed by atoms with Gasteiger partial charge in [0.05, 0.1) is 19.2 Å². The number of hydrogen-bond acceptors (Lipinski definition) is 6. The highest BCUT2D eigenvalue weighted by Gasteiger charge is 2.18. The number of pyridine rings is 1. The van der Waals surface area contributed by atoms with Crippen LogP contribution in [0.3, 0.4) is 0 Å². The first-order chi connectivity index (χ1) is 13.1. The third-order valence-electron chi connectivity index (χ3n) is 4.12. The highest BCUT2D eigenvalue weighted by Crippen LogP contribution is 2.17. The molecule has 3 heterocycles. The van der Waals surface area contributed by atoms with Gasteiger partial charge < -0.3 is 9.15 Å². The number of carbonyl (C=O) groups is 1. The lowest BCUT2D eigenvalue weighted by atomic mass is 10.1. The van der Waals surface area contributed by atoms with Crippen molar-refractivity contribution in [3.63, 3.8) is 0 Å². The van der Waals surface area contributed by atoms with Gasteiger partial charge in [0.15, 0.2) is 0 Å². The van der Waals surface area contributed by atoms with Gasteiger partial charge in [0.2, 0.25) is 5.89 Å². The van der Waals surface area contributed by atoms with Crippen molar-refractivity contribution in [3.8, 4) is 5.75 Å². The Labute approximate surface area is 154 Å². The topological polar surface area (TPSA) is 94.6 Å². The number of nitrogens with zero attached hydrogens (tertiary/aromatic N) is 4. The second kappa shape index (κ2) is 6.91. The molecule has 1 aromatic carbocycles. The van der Waals surface area contributed by atoms with Crippen LogP contribution in [0, 0.1) is 6.92 Å². The third kappa shape index (κ3) is 3.37. The van der Waals surface area contributed by atoms with Crippen molar-refractivity contribution in [2.24, 2.45) is 0 Å². The highest BCUT2D eigenvalue weighted by atomic mass is 16.5. The molecular weight excluding hydrogens is 346 g/mol. The summed E-state index contributed by atoms with van der Waals surface area (Å²) in [7, 11) is 1.62. The van der Waals surface area contributed by atoms with Gasteiger partial charge in [-0.15, -0.1) is 5.10 Å². The molecule has 0 saturated carbocycles. The average Bonchev–Trinajstić information content (AvgIpc) is 3.25. The normalized spacial score (nSPS) is 10.9.